The zero-order valence-corrected chi connectivity index (χ0v) is 10.3. The Balaban J connectivity index is 2.10. The fourth-order valence-corrected chi connectivity index (χ4v) is 2.85. The monoisotopic (exact) mass is 286 g/mol. The summed E-state index contributed by atoms with van der Waals surface area (Å²) in [6.07, 6.45) is -7.78. The average Bonchev–Trinajstić information content (AvgIpc) is 2.67. The largest absolute Gasteiger partial charge is 0.472 e. The fraction of sp³-hybridized carbons (Fsp3) is 1.00. The van der Waals surface area contributed by atoms with Gasteiger partial charge in [0.05, 0.1) is 6.61 Å². The summed E-state index contributed by atoms with van der Waals surface area (Å²) in [5.74, 6) is 0. The number of aliphatic hydroxyl groups is 3. The summed E-state index contributed by atoms with van der Waals surface area (Å²) in [6, 6.07) is 0. The zero-order chi connectivity index (χ0) is 13.5. The lowest BCUT2D eigenvalue weighted by atomic mass is 9.95. The Bertz CT molecular complexity index is 347. The highest BCUT2D eigenvalue weighted by Crippen LogP contribution is 2.51. The van der Waals surface area contributed by atoms with E-state index in [0.29, 0.717) is 0 Å². The normalized spacial score (nSPS) is 53.6. The molecular formula is C8H15O9P. The molecule has 0 amide bonds. The van der Waals surface area contributed by atoms with Gasteiger partial charge in [0, 0.05) is 7.11 Å². The topological polar surface area (TPSA) is 135 Å². The van der Waals surface area contributed by atoms with Crippen molar-refractivity contribution >= 4 is 7.82 Å². The molecule has 0 aliphatic carbocycles. The van der Waals surface area contributed by atoms with Gasteiger partial charge in [0.2, 0.25) is 0 Å². The highest BCUT2D eigenvalue weighted by molar-refractivity contribution is 7.47. The summed E-state index contributed by atoms with van der Waals surface area (Å²) in [4.78, 5) is 9.05. The van der Waals surface area contributed by atoms with Crippen LogP contribution in [0.2, 0.25) is 0 Å². The van der Waals surface area contributed by atoms with Crippen LogP contribution in [0.3, 0.4) is 0 Å². The van der Waals surface area contributed by atoms with Gasteiger partial charge < -0.3 is 29.7 Å². The minimum Gasteiger partial charge on any atom is -0.387 e. The van der Waals surface area contributed by atoms with Gasteiger partial charge in [0.15, 0.2) is 6.29 Å². The molecule has 106 valence electrons. The number of aliphatic hydroxyl groups excluding tert-OH is 3. The molecule has 0 radical (unpaired) electrons. The highest BCUT2D eigenvalue weighted by atomic mass is 31.2. The van der Waals surface area contributed by atoms with Crippen LogP contribution in [0.15, 0.2) is 0 Å². The van der Waals surface area contributed by atoms with E-state index in [9.17, 15) is 19.9 Å². The van der Waals surface area contributed by atoms with Crippen molar-refractivity contribution in [3.63, 3.8) is 0 Å². The molecule has 0 aromatic rings. The first-order chi connectivity index (χ1) is 8.35. The molecular weight excluding hydrogens is 271 g/mol. The molecule has 2 rings (SSSR count). The number of ether oxygens (including phenoxy) is 2. The van der Waals surface area contributed by atoms with Crippen molar-refractivity contribution in [2.24, 2.45) is 0 Å². The Kier molecular flexibility index (Phi) is 4.07. The summed E-state index contributed by atoms with van der Waals surface area (Å²) in [5, 5.41) is 28.9. The van der Waals surface area contributed by atoms with Gasteiger partial charge in [-0.25, -0.2) is 4.57 Å². The van der Waals surface area contributed by atoms with Crippen LogP contribution < -0.4 is 0 Å². The van der Waals surface area contributed by atoms with Crippen LogP contribution in [0.1, 0.15) is 0 Å². The van der Waals surface area contributed by atoms with Gasteiger partial charge in [-0.15, -0.1) is 0 Å². The van der Waals surface area contributed by atoms with Crippen LogP contribution in [0, 0.1) is 0 Å². The predicted octanol–water partition coefficient (Wildman–Crippen LogP) is -2.04. The van der Waals surface area contributed by atoms with Crippen molar-refractivity contribution in [2.45, 2.75) is 36.8 Å². The third-order valence-corrected chi connectivity index (χ3v) is 3.89. The first kappa shape index (κ1) is 14.3. The molecule has 9 nitrogen and oxygen atoms in total. The van der Waals surface area contributed by atoms with Gasteiger partial charge in [-0.2, -0.15) is 0 Å². The lowest BCUT2D eigenvalue weighted by Gasteiger charge is -2.41. The molecule has 0 bridgehead atoms. The minimum absolute atomic E-state index is 0.269. The molecule has 1 unspecified atom stereocenters. The molecule has 0 aromatic carbocycles. The molecule has 2 fully saturated rings. The van der Waals surface area contributed by atoms with Gasteiger partial charge in [0.25, 0.3) is 0 Å². The number of hydrogen-bond acceptors (Lipinski definition) is 8. The van der Waals surface area contributed by atoms with Crippen molar-refractivity contribution < 1.29 is 43.3 Å². The maximum absolute atomic E-state index is 11.1. The summed E-state index contributed by atoms with van der Waals surface area (Å²) in [6.45, 7) is -0.269. The first-order valence-corrected chi connectivity index (χ1v) is 6.73. The Hall–Kier alpha value is -0.0900. The van der Waals surface area contributed by atoms with E-state index in [1.807, 2.05) is 0 Å². The third kappa shape index (κ3) is 2.60. The average molecular weight is 286 g/mol. The van der Waals surface area contributed by atoms with Gasteiger partial charge in [-0.05, 0) is 0 Å². The van der Waals surface area contributed by atoms with Crippen LogP contribution >= 0.6 is 7.82 Å². The van der Waals surface area contributed by atoms with E-state index in [4.69, 9.17) is 18.9 Å². The molecule has 0 saturated carbocycles. The van der Waals surface area contributed by atoms with Crippen molar-refractivity contribution in [2.75, 3.05) is 13.7 Å². The molecule has 4 N–H and O–H groups in total. The number of rotatable bonds is 2. The van der Waals surface area contributed by atoms with E-state index in [2.05, 4.69) is 4.52 Å². The van der Waals surface area contributed by atoms with Crippen molar-refractivity contribution in [1.82, 2.24) is 0 Å². The predicted molar refractivity (Wildman–Crippen MR) is 54.3 cm³/mol. The maximum Gasteiger partial charge on any atom is 0.472 e. The second-order valence-corrected chi connectivity index (χ2v) is 5.49. The Labute approximate surface area is 102 Å². The quantitative estimate of drug-likeness (QED) is 0.423. The number of phosphoric ester groups is 1. The molecule has 10 heteroatoms. The second-order valence-electron chi connectivity index (χ2n) is 4.08. The van der Waals surface area contributed by atoms with Crippen molar-refractivity contribution in [3.05, 3.63) is 0 Å². The lowest BCUT2D eigenvalue weighted by molar-refractivity contribution is -0.301. The standard InChI is InChI=1S/C8H15O9P/c1-14-8-6(11)4(9)5(10)7(16-8)3-2-15-18(12,13)17-3/h3-11H,2H2,1H3,(H,12,13)/t3-,4-,5-,6-,7+,8+/m0/s1. The van der Waals surface area contributed by atoms with E-state index in [-0.39, 0.29) is 6.61 Å². The van der Waals surface area contributed by atoms with Crippen molar-refractivity contribution in [1.29, 1.82) is 0 Å². The number of hydrogen-bond donors (Lipinski definition) is 4. The minimum atomic E-state index is -4.13. The van der Waals surface area contributed by atoms with Gasteiger partial charge >= 0.3 is 7.82 Å². The van der Waals surface area contributed by atoms with Crippen LogP contribution in [0.25, 0.3) is 0 Å². The molecule has 2 aliphatic rings. The Morgan fingerprint density at radius 2 is 1.89 bits per heavy atom. The van der Waals surface area contributed by atoms with Gasteiger partial charge in [-0.1, -0.05) is 0 Å². The van der Waals surface area contributed by atoms with Crippen LogP contribution in [0.5, 0.6) is 0 Å². The van der Waals surface area contributed by atoms with E-state index < -0.39 is 44.6 Å². The third-order valence-electron chi connectivity index (χ3n) is 2.88. The molecule has 2 saturated heterocycles. The SMILES string of the molecule is CO[C@@H]1O[C@H]([C@@H]2COP(=O)(O)O2)[C@@H](O)[C@H](O)[C@@H]1O. The van der Waals surface area contributed by atoms with E-state index in [1.54, 1.807) is 0 Å². The van der Waals surface area contributed by atoms with Crippen LogP contribution in [0.4, 0.5) is 0 Å². The van der Waals surface area contributed by atoms with E-state index in [0.717, 1.165) is 0 Å². The fourth-order valence-electron chi connectivity index (χ4n) is 1.93. The summed E-state index contributed by atoms with van der Waals surface area (Å²) < 4.78 is 30.3. The number of methoxy groups -OCH3 is 1. The van der Waals surface area contributed by atoms with Gasteiger partial charge in [-0.3, -0.25) is 9.05 Å². The highest BCUT2D eigenvalue weighted by Gasteiger charge is 2.51. The first-order valence-electron chi connectivity index (χ1n) is 5.24. The maximum atomic E-state index is 11.1. The smallest absolute Gasteiger partial charge is 0.387 e. The molecule has 2 heterocycles. The molecule has 2 aliphatic heterocycles. The summed E-state index contributed by atoms with van der Waals surface area (Å²) >= 11 is 0. The molecule has 0 spiro atoms. The van der Waals surface area contributed by atoms with Crippen LogP contribution in [-0.2, 0) is 23.1 Å². The zero-order valence-electron chi connectivity index (χ0n) is 9.45. The Morgan fingerprint density at radius 1 is 1.22 bits per heavy atom. The molecule has 7 atom stereocenters. The van der Waals surface area contributed by atoms with E-state index >= 15 is 0 Å². The summed E-state index contributed by atoms with van der Waals surface area (Å²) in [5.41, 5.74) is 0. The van der Waals surface area contributed by atoms with E-state index in [1.165, 1.54) is 7.11 Å². The lowest BCUT2D eigenvalue weighted by Crippen LogP contribution is -2.61. The number of phosphoric acid groups is 1. The Morgan fingerprint density at radius 3 is 2.39 bits per heavy atom. The van der Waals surface area contributed by atoms with Gasteiger partial charge in [0.1, 0.15) is 30.5 Å². The summed E-state index contributed by atoms with van der Waals surface area (Å²) in [7, 11) is -2.88. The van der Waals surface area contributed by atoms with Crippen molar-refractivity contribution in [3.8, 4) is 0 Å². The molecule has 0 aromatic heterocycles. The van der Waals surface area contributed by atoms with Crippen LogP contribution in [-0.4, -0.2) is 70.7 Å². The molecule has 18 heavy (non-hydrogen) atoms. The second kappa shape index (κ2) is 5.12.